The molecular weight excluding hydrogens is 288 g/mol. The smallest absolute Gasteiger partial charge is 0.333 e. The van der Waals surface area contributed by atoms with Gasteiger partial charge < -0.3 is 14.6 Å². The highest BCUT2D eigenvalue weighted by molar-refractivity contribution is 7.86. The molecule has 0 aliphatic heterocycles. The number of para-hydroxylation sites is 1. The van der Waals surface area contributed by atoms with Crippen molar-refractivity contribution in [1.82, 2.24) is 0 Å². The van der Waals surface area contributed by atoms with Gasteiger partial charge in [0.05, 0.1) is 0 Å². The summed E-state index contributed by atoms with van der Waals surface area (Å²) < 4.78 is 41.3. The number of aliphatic hydroxyl groups is 1. The average molecular weight is 302 g/mol. The third kappa shape index (κ3) is 4.34. The molecule has 110 valence electrons. The molecule has 0 fully saturated rings. The van der Waals surface area contributed by atoms with E-state index in [1.807, 2.05) is 0 Å². The molecule has 1 aromatic rings. The first-order valence-corrected chi connectivity index (χ1v) is 6.94. The maximum Gasteiger partial charge on any atom is 0.333 e. The minimum absolute atomic E-state index is 0.252. The van der Waals surface area contributed by atoms with E-state index in [4.69, 9.17) is 14.0 Å². The highest BCUT2D eigenvalue weighted by atomic mass is 32.2. The van der Waals surface area contributed by atoms with Gasteiger partial charge in [-0.15, -0.1) is 0 Å². The first-order valence-electron chi connectivity index (χ1n) is 5.50. The van der Waals surface area contributed by atoms with Gasteiger partial charge in [0.2, 0.25) is 0 Å². The molecule has 0 saturated carbocycles. The lowest BCUT2D eigenvalue weighted by Crippen LogP contribution is -2.34. The zero-order valence-electron chi connectivity index (χ0n) is 10.6. The zero-order valence-corrected chi connectivity index (χ0v) is 11.4. The van der Waals surface area contributed by atoms with Gasteiger partial charge in [0.25, 0.3) is 16.4 Å². The van der Waals surface area contributed by atoms with Crippen LogP contribution in [0.1, 0.15) is 6.92 Å². The van der Waals surface area contributed by atoms with Gasteiger partial charge in [-0.2, -0.15) is 8.42 Å². The Balaban J connectivity index is 3.06. The maximum absolute atomic E-state index is 11.2. The van der Waals surface area contributed by atoms with Crippen LogP contribution in [0.4, 0.5) is 0 Å². The molecule has 1 aromatic carbocycles. The number of esters is 1. The second-order valence-electron chi connectivity index (χ2n) is 3.79. The van der Waals surface area contributed by atoms with Crippen molar-refractivity contribution in [2.75, 3.05) is 0 Å². The second-order valence-corrected chi connectivity index (χ2v) is 5.18. The maximum atomic E-state index is 11.2. The highest BCUT2D eigenvalue weighted by Gasteiger charge is 2.24. The van der Waals surface area contributed by atoms with Crippen molar-refractivity contribution in [3.05, 3.63) is 36.9 Å². The number of hydrogen-bond donors (Lipinski definition) is 2. The van der Waals surface area contributed by atoms with Gasteiger partial charge in [0.1, 0.15) is 16.7 Å². The molecule has 1 rings (SSSR count). The largest absolute Gasteiger partial charge is 0.451 e. The number of aliphatic hydroxyl groups excluding tert-OH is 1. The van der Waals surface area contributed by atoms with Crippen LogP contribution in [-0.2, 0) is 19.6 Å². The molecule has 2 atom stereocenters. The van der Waals surface area contributed by atoms with Crippen LogP contribution in [0.5, 0.6) is 5.75 Å². The number of carbonyl (C=O) groups is 1. The Morgan fingerprint density at radius 2 is 2.00 bits per heavy atom. The Morgan fingerprint density at radius 3 is 2.50 bits per heavy atom. The summed E-state index contributed by atoms with van der Waals surface area (Å²) in [5.41, 5.74) is 0. The van der Waals surface area contributed by atoms with Crippen molar-refractivity contribution < 1.29 is 32.3 Å². The molecule has 0 saturated heterocycles. The van der Waals surface area contributed by atoms with Crippen molar-refractivity contribution >= 4 is 16.1 Å². The molecule has 0 radical (unpaired) electrons. The van der Waals surface area contributed by atoms with Crippen molar-refractivity contribution in [3.63, 3.8) is 0 Å². The van der Waals surface area contributed by atoms with Crippen LogP contribution >= 0.6 is 0 Å². The summed E-state index contributed by atoms with van der Waals surface area (Å²) in [5, 5.41) is 9.46. The Bertz CT molecular complexity index is 592. The Labute approximate surface area is 116 Å². The fraction of sp³-hybridized carbons (Fsp3) is 0.250. The molecule has 7 nitrogen and oxygen atoms in total. The average Bonchev–Trinajstić information content (AvgIpc) is 2.37. The first-order chi connectivity index (χ1) is 9.25. The molecule has 8 heteroatoms. The van der Waals surface area contributed by atoms with E-state index in [0.717, 1.165) is 12.1 Å². The van der Waals surface area contributed by atoms with E-state index in [1.165, 1.54) is 25.1 Å². The molecule has 2 unspecified atom stereocenters. The minimum atomic E-state index is -4.51. The summed E-state index contributed by atoms with van der Waals surface area (Å²) in [7, 11) is -4.51. The van der Waals surface area contributed by atoms with E-state index in [0.29, 0.717) is 0 Å². The summed E-state index contributed by atoms with van der Waals surface area (Å²) in [6.07, 6.45) is -1.80. The molecular formula is C12H14O7S. The van der Waals surface area contributed by atoms with Gasteiger partial charge in [-0.05, 0) is 19.1 Å². The van der Waals surface area contributed by atoms with Gasteiger partial charge in [0, 0.05) is 6.08 Å². The monoisotopic (exact) mass is 302 g/mol. The summed E-state index contributed by atoms with van der Waals surface area (Å²) in [5.74, 6) is -1.10. The first kappa shape index (κ1) is 16.2. The van der Waals surface area contributed by atoms with Gasteiger partial charge >= 0.3 is 5.97 Å². The number of rotatable bonds is 6. The molecule has 0 amide bonds. The van der Waals surface area contributed by atoms with Crippen LogP contribution in [-0.4, -0.2) is 36.4 Å². The van der Waals surface area contributed by atoms with E-state index in [9.17, 15) is 18.3 Å². The lowest BCUT2D eigenvalue weighted by atomic mass is 10.3. The van der Waals surface area contributed by atoms with E-state index in [2.05, 4.69) is 6.58 Å². The van der Waals surface area contributed by atoms with Crippen molar-refractivity contribution in [2.45, 2.75) is 24.2 Å². The lowest BCUT2D eigenvalue weighted by Gasteiger charge is -2.21. The van der Waals surface area contributed by atoms with Gasteiger partial charge in [-0.25, -0.2) is 4.79 Å². The number of carbonyl (C=O) groups excluding carboxylic acids is 1. The SMILES string of the molecule is C=CC(=O)OC(Oc1ccccc1S(=O)(=O)O)C(C)O. The standard InChI is InChI=1S/C12H14O7S/c1-3-11(14)19-12(8(2)13)18-9-6-4-5-7-10(9)20(15,16)17/h3-8,12-13H,1H2,2H3,(H,15,16,17). The fourth-order valence-electron chi connectivity index (χ4n) is 1.27. The van der Waals surface area contributed by atoms with Crippen LogP contribution in [0, 0.1) is 0 Å². The van der Waals surface area contributed by atoms with E-state index in [1.54, 1.807) is 0 Å². The molecule has 0 aromatic heterocycles. The summed E-state index contributed by atoms with van der Waals surface area (Å²) in [6, 6.07) is 5.20. The van der Waals surface area contributed by atoms with Crippen LogP contribution in [0.25, 0.3) is 0 Å². The predicted octanol–water partition coefficient (Wildman–Crippen LogP) is 0.748. The lowest BCUT2D eigenvalue weighted by molar-refractivity contribution is -0.172. The van der Waals surface area contributed by atoms with Crippen molar-refractivity contribution in [3.8, 4) is 5.75 Å². The van der Waals surface area contributed by atoms with E-state index in [-0.39, 0.29) is 5.75 Å². The fourth-order valence-corrected chi connectivity index (χ4v) is 1.89. The van der Waals surface area contributed by atoms with Crippen LogP contribution in [0.3, 0.4) is 0 Å². The molecule has 0 aliphatic carbocycles. The number of hydrogen-bond acceptors (Lipinski definition) is 6. The normalized spacial score (nSPS) is 14.2. The quantitative estimate of drug-likeness (QED) is 0.345. The Morgan fingerprint density at radius 1 is 1.40 bits per heavy atom. The Kier molecular flexibility index (Phi) is 5.26. The van der Waals surface area contributed by atoms with Crippen molar-refractivity contribution in [1.29, 1.82) is 0 Å². The predicted molar refractivity (Wildman–Crippen MR) is 68.6 cm³/mol. The van der Waals surface area contributed by atoms with Crippen LogP contribution < -0.4 is 4.74 Å². The second kappa shape index (κ2) is 6.51. The van der Waals surface area contributed by atoms with Gasteiger partial charge in [0.15, 0.2) is 0 Å². The molecule has 0 heterocycles. The Hall–Kier alpha value is -1.90. The summed E-state index contributed by atoms with van der Waals surface area (Å²) in [4.78, 5) is 10.6. The zero-order chi connectivity index (χ0) is 15.3. The molecule has 2 N–H and O–H groups in total. The minimum Gasteiger partial charge on any atom is -0.451 e. The molecule has 0 aliphatic rings. The molecule has 0 spiro atoms. The summed E-state index contributed by atoms with van der Waals surface area (Å²) >= 11 is 0. The van der Waals surface area contributed by atoms with Crippen LogP contribution in [0.2, 0.25) is 0 Å². The third-order valence-electron chi connectivity index (χ3n) is 2.16. The molecule has 20 heavy (non-hydrogen) atoms. The third-order valence-corrected chi connectivity index (χ3v) is 3.06. The summed E-state index contributed by atoms with van der Waals surface area (Å²) in [6.45, 7) is 4.48. The van der Waals surface area contributed by atoms with Gasteiger partial charge in [-0.1, -0.05) is 18.7 Å². The highest BCUT2D eigenvalue weighted by Crippen LogP contribution is 2.24. The number of benzene rings is 1. The molecule has 0 bridgehead atoms. The van der Waals surface area contributed by atoms with Gasteiger partial charge in [-0.3, -0.25) is 4.55 Å². The van der Waals surface area contributed by atoms with Crippen LogP contribution in [0.15, 0.2) is 41.8 Å². The van der Waals surface area contributed by atoms with E-state index < -0.39 is 33.4 Å². The van der Waals surface area contributed by atoms with Crippen molar-refractivity contribution in [2.24, 2.45) is 0 Å². The van der Waals surface area contributed by atoms with E-state index >= 15 is 0 Å². The topological polar surface area (TPSA) is 110 Å². The number of ether oxygens (including phenoxy) is 2.